The smallest absolute Gasteiger partial charge is 0.339 e. The van der Waals surface area contributed by atoms with Gasteiger partial charge in [0.2, 0.25) is 0 Å². The zero-order chi connectivity index (χ0) is 15.3. The van der Waals surface area contributed by atoms with Crippen LogP contribution in [0, 0.1) is 0 Å². The standard InChI is InChI=1S/C10H6N8O4/c19-7-4-6(13-2-12-4)17-10(21)18(7)22-9-14-3-1-11-8(20)15-5(3)16-9/h1-2H,(H,12,13)(H,17,21)(H2,11,14,15,16,20). The molecule has 0 amide bonds. The second kappa shape index (κ2) is 4.15. The molecule has 4 aromatic rings. The van der Waals surface area contributed by atoms with Gasteiger partial charge in [-0.05, 0) is 0 Å². The van der Waals surface area contributed by atoms with Gasteiger partial charge in [0, 0.05) is 0 Å². The fourth-order valence-corrected chi connectivity index (χ4v) is 1.92. The van der Waals surface area contributed by atoms with Crippen LogP contribution in [0.5, 0.6) is 6.01 Å². The van der Waals surface area contributed by atoms with Crippen molar-refractivity contribution in [3.63, 3.8) is 0 Å². The summed E-state index contributed by atoms with van der Waals surface area (Å²) < 4.78 is 0.476. The van der Waals surface area contributed by atoms with Gasteiger partial charge in [-0.15, -0.1) is 0 Å². The van der Waals surface area contributed by atoms with E-state index in [0.29, 0.717) is 10.2 Å². The molecule has 4 N–H and O–H groups in total. The number of rotatable bonds is 2. The minimum Gasteiger partial charge on any atom is -0.339 e. The Morgan fingerprint density at radius 1 is 1.05 bits per heavy atom. The molecule has 0 saturated heterocycles. The van der Waals surface area contributed by atoms with Crippen LogP contribution in [-0.2, 0) is 0 Å². The highest BCUT2D eigenvalue weighted by molar-refractivity contribution is 5.69. The fourth-order valence-electron chi connectivity index (χ4n) is 1.92. The summed E-state index contributed by atoms with van der Waals surface area (Å²) in [6.45, 7) is 0. The van der Waals surface area contributed by atoms with E-state index in [1.165, 1.54) is 12.5 Å². The predicted octanol–water partition coefficient (Wildman–Crippen LogP) is -1.79. The molecule has 4 aromatic heterocycles. The van der Waals surface area contributed by atoms with Gasteiger partial charge < -0.3 is 14.8 Å². The molecule has 12 nitrogen and oxygen atoms in total. The number of fused-ring (bicyclic) bond motifs is 2. The van der Waals surface area contributed by atoms with E-state index in [1.54, 1.807) is 0 Å². The molecule has 4 heterocycles. The monoisotopic (exact) mass is 302 g/mol. The number of hydrogen-bond donors (Lipinski definition) is 4. The van der Waals surface area contributed by atoms with E-state index in [9.17, 15) is 14.4 Å². The Hall–Kier alpha value is -3.70. The molecule has 0 saturated carbocycles. The van der Waals surface area contributed by atoms with Gasteiger partial charge in [0.05, 0.1) is 12.5 Å². The molecule has 0 aliphatic rings. The third-order valence-corrected chi connectivity index (χ3v) is 2.87. The molecule has 110 valence electrons. The Morgan fingerprint density at radius 3 is 2.77 bits per heavy atom. The number of aromatic amines is 4. The molecule has 0 aliphatic carbocycles. The van der Waals surface area contributed by atoms with E-state index in [0.717, 1.165) is 0 Å². The highest BCUT2D eigenvalue weighted by atomic mass is 16.7. The maximum atomic E-state index is 12.1. The van der Waals surface area contributed by atoms with Crippen molar-refractivity contribution < 1.29 is 4.84 Å². The largest absolute Gasteiger partial charge is 0.364 e. The van der Waals surface area contributed by atoms with Crippen LogP contribution >= 0.6 is 0 Å². The molecular weight excluding hydrogens is 296 g/mol. The van der Waals surface area contributed by atoms with Crippen LogP contribution in [0.1, 0.15) is 0 Å². The van der Waals surface area contributed by atoms with Crippen LogP contribution in [0.4, 0.5) is 0 Å². The third kappa shape index (κ3) is 1.71. The van der Waals surface area contributed by atoms with Gasteiger partial charge in [-0.2, -0.15) is 9.97 Å². The molecule has 0 unspecified atom stereocenters. The zero-order valence-corrected chi connectivity index (χ0v) is 10.6. The number of aromatic nitrogens is 8. The summed E-state index contributed by atoms with van der Waals surface area (Å²) in [4.78, 5) is 61.4. The highest BCUT2D eigenvalue weighted by Gasteiger charge is 2.13. The summed E-state index contributed by atoms with van der Waals surface area (Å²) >= 11 is 0. The summed E-state index contributed by atoms with van der Waals surface area (Å²) in [6, 6.07) is -0.162. The zero-order valence-electron chi connectivity index (χ0n) is 10.6. The lowest BCUT2D eigenvalue weighted by Gasteiger charge is -2.02. The number of H-pyrrole nitrogens is 4. The van der Waals surface area contributed by atoms with Gasteiger partial charge >= 0.3 is 22.9 Å². The van der Waals surface area contributed by atoms with Gasteiger partial charge in [0.1, 0.15) is 5.52 Å². The first-order valence-corrected chi connectivity index (χ1v) is 5.93. The van der Waals surface area contributed by atoms with Crippen molar-refractivity contribution in [2.45, 2.75) is 0 Å². The summed E-state index contributed by atoms with van der Waals surface area (Å²) in [7, 11) is 0. The van der Waals surface area contributed by atoms with Crippen molar-refractivity contribution in [2.24, 2.45) is 0 Å². The van der Waals surface area contributed by atoms with Crippen LogP contribution in [0.3, 0.4) is 0 Å². The second-order valence-corrected chi connectivity index (χ2v) is 4.24. The van der Waals surface area contributed by atoms with Crippen molar-refractivity contribution in [1.82, 2.24) is 39.6 Å². The predicted molar refractivity (Wildman–Crippen MR) is 71.5 cm³/mol. The minimum atomic E-state index is -0.823. The van der Waals surface area contributed by atoms with Crippen molar-refractivity contribution in [1.29, 1.82) is 0 Å². The molecule has 0 spiro atoms. The molecule has 4 rings (SSSR count). The Balaban J connectivity index is 1.86. The minimum absolute atomic E-state index is 0.0748. The molecule has 0 atom stereocenters. The van der Waals surface area contributed by atoms with Gasteiger partial charge in [0.25, 0.3) is 0 Å². The van der Waals surface area contributed by atoms with Crippen LogP contribution < -0.4 is 21.8 Å². The average molecular weight is 302 g/mol. The Morgan fingerprint density at radius 2 is 1.91 bits per heavy atom. The quantitative estimate of drug-likeness (QED) is 0.339. The summed E-state index contributed by atoms with van der Waals surface area (Å²) in [5.41, 5.74) is -1.39. The van der Waals surface area contributed by atoms with Gasteiger partial charge in [-0.25, -0.2) is 14.6 Å². The number of nitrogens with one attached hydrogen (secondary N) is 4. The highest BCUT2D eigenvalue weighted by Crippen LogP contribution is 2.10. The molecule has 0 aromatic carbocycles. The van der Waals surface area contributed by atoms with Gasteiger partial charge in [-0.1, -0.05) is 4.73 Å². The van der Waals surface area contributed by atoms with Gasteiger partial charge in [-0.3, -0.25) is 14.8 Å². The third-order valence-electron chi connectivity index (χ3n) is 2.87. The van der Waals surface area contributed by atoms with Crippen LogP contribution in [0.2, 0.25) is 0 Å². The maximum Gasteiger partial charge on any atom is 0.364 e. The molecule has 12 heteroatoms. The first-order chi connectivity index (χ1) is 10.6. The lowest BCUT2D eigenvalue weighted by Crippen LogP contribution is -2.38. The normalized spacial score (nSPS) is 11.3. The Kier molecular flexibility index (Phi) is 2.27. The first kappa shape index (κ1) is 12.1. The molecule has 0 radical (unpaired) electrons. The van der Waals surface area contributed by atoms with Crippen molar-refractivity contribution >= 4 is 22.3 Å². The van der Waals surface area contributed by atoms with E-state index >= 15 is 0 Å². The average Bonchev–Trinajstić information content (AvgIpc) is 3.09. The Bertz CT molecular complexity index is 1180. The van der Waals surface area contributed by atoms with E-state index in [2.05, 4.69) is 34.9 Å². The van der Waals surface area contributed by atoms with Crippen LogP contribution in [0.15, 0.2) is 26.9 Å². The van der Waals surface area contributed by atoms with Crippen molar-refractivity contribution in [3.8, 4) is 6.01 Å². The molecule has 0 bridgehead atoms. The molecule has 0 fully saturated rings. The topological polar surface area (TPSA) is 167 Å². The number of nitrogens with zero attached hydrogens (tertiary/aromatic N) is 4. The maximum absolute atomic E-state index is 12.1. The Labute approximate surface area is 117 Å². The van der Waals surface area contributed by atoms with Crippen molar-refractivity contribution in [2.75, 3.05) is 0 Å². The first-order valence-electron chi connectivity index (χ1n) is 5.93. The van der Waals surface area contributed by atoms with E-state index in [-0.39, 0.29) is 22.8 Å². The summed E-state index contributed by atoms with van der Waals surface area (Å²) in [5.74, 6) is 0. The van der Waals surface area contributed by atoms with Crippen molar-refractivity contribution in [3.05, 3.63) is 43.8 Å². The second-order valence-electron chi connectivity index (χ2n) is 4.24. The fraction of sp³-hybridized carbons (Fsp3) is 0. The van der Waals surface area contributed by atoms with E-state index < -0.39 is 16.9 Å². The van der Waals surface area contributed by atoms with Gasteiger partial charge in [0.15, 0.2) is 16.8 Å². The van der Waals surface area contributed by atoms with Crippen LogP contribution in [0.25, 0.3) is 22.3 Å². The van der Waals surface area contributed by atoms with E-state index in [1.807, 2.05) is 0 Å². The molecular formula is C10H6N8O4. The summed E-state index contributed by atoms with van der Waals surface area (Å²) in [6.07, 6.45) is 2.52. The number of imidazole rings is 2. The summed E-state index contributed by atoms with van der Waals surface area (Å²) in [5, 5.41) is 0. The lowest BCUT2D eigenvalue weighted by atomic mass is 10.5. The van der Waals surface area contributed by atoms with Crippen LogP contribution in [-0.4, -0.2) is 39.6 Å². The number of hydrogen-bond acceptors (Lipinski definition) is 7. The molecule has 22 heavy (non-hydrogen) atoms. The lowest BCUT2D eigenvalue weighted by molar-refractivity contribution is 0.176. The SMILES string of the molecule is O=c1ncc2[nH]c(On3c(=O)[nH]c4nc[nH]c4c3=O)nc2[nH]1. The van der Waals surface area contributed by atoms with E-state index in [4.69, 9.17) is 4.84 Å². The molecule has 0 aliphatic heterocycles.